The zero-order valence-corrected chi connectivity index (χ0v) is 23.6. The second kappa shape index (κ2) is 12.9. The fourth-order valence-corrected chi connectivity index (χ4v) is 4.67. The summed E-state index contributed by atoms with van der Waals surface area (Å²) in [6.07, 6.45) is -22.4. The van der Waals surface area contributed by atoms with E-state index in [1.807, 2.05) is 0 Å². The molecule has 7 nitrogen and oxygen atoms in total. The van der Waals surface area contributed by atoms with E-state index in [0.29, 0.717) is 6.07 Å². The fraction of sp³-hybridized carbons (Fsp3) is 0.129. The first-order chi connectivity index (χ1) is 23.0. The number of hydrogen-bond acceptors (Lipinski definition) is 7. The molecule has 0 unspecified atom stereocenters. The summed E-state index contributed by atoms with van der Waals surface area (Å²) >= 11 is 0. The lowest BCUT2D eigenvalue weighted by molar-refractivity contribution is -0.144. The average molecular weight is 703 g/mol. The number of hydrogen-bond donors (Lipinski definition) is 0. The van der Waals surface area contributed by atoms with Crippen LogP contribution in [0.5, 0.6) is 0 Å². The molecular formula is C31H5F12N7. The molecule has 0 radical (unpaired) electrons. The molecule has 0 aromatic heterocycles. The van der Waals surface area contributed by atoms with E-state index in [-0.39, 0.29) is 12.1 Å². The van der Waals surface area contributed by atoms with Gasteiger partial charge in [-0.1, -0.05) is 0 Å². The molecular weight excluding hydrogens is 698 g/mol. The van der Waals surface area contributed by atoms with Gasteiger partial charge in [0.15, 0.2) is 0 Å². The largest absolute Gasteiger partial charge is 0.417 e. The smallest absolute Gasteiger partial charge is 0.192 e. The van der Waals surface area contributed by atoms with Crippen molar-refractivity contribution in [2.24, 2.45) is 0 Å². The van der Waals surface area contributed by atoms with Crippen molar-refractivity contribution < 1.29 is 52.7 Å². The van der Waals surface area contributed by atoms with Crippen LogP contribution < -0.4 is 10.4 Å². The van der Waals surface area contributed by atoms with Crippen LogP contribution in [-0.4, -0.2) is 0 Å². The maximum atomic E-state index is 13.8. The molecule has 0 atom stereocenters. The normalized spacial score (nSPS) is 12.9. The third kappa shape index (κ3) is 6.69. The molecule has 0 aliphatic heterocycles. The first kappa shape index (κ1) is 37.4. The van der Waals surface area contributed by atoms with Gasteiger partial charge in [-0.15, -0.1) is 0 Å². The van der Waals surface area contributed by atoms with Crippen LogP contribution in [0.3, 0.4) is 0 Å². The van der Waals surface area contributed by atoms with Crippen molar-refractivity contribution in [2.45, 2.75) is 24.7 Å². The molecule has 0 fully saturated rings. The predicted molar refractivity (Wildman–Crippen MR) is 138 cm³/mol. The minimum Gasteiger partial charge on any atom is -0.192 e. The van der Waals surface area contributed by atoms with Gasteiger partial charge in [-0.05, 0) is 30.3 Å². The molecule has 0 bridgehead atoms. The first-order valence-electron chi connectivity index (χ1n) is 12.5. The zero-order chi connectivity index (χ0) is 38.1. The third-order valence-electron chi connectivity index (χ3n) is 6.72. The molecule has 0 heterocycles. The van der Waals surface area contributed by atoms with Crippen molar-refractivity contribution >= 4 is 11.1 Å². The molecule has 0 aliphatic carbocycles. The summed E-state index contributed by atoms with van der Waals surface area (Å²) in [6, 6.07) is 7.46. The maximum absolute atomic E-state index is 13.8. The molecule has 0 N–H and O–H groups in total. The van der Waals surface area contributed by atoms with Crippen LogP contribution in [0.2, 0.25) is 0 Å². The molecule has 3 rings (SSSR count). The van der Waals surface area contributed by atoms with Crippen LogP contribution >= 0.6 is 0 Å². The van der Waals surface area contributed by atoms with Crippen molar-refractivity contribution in [3.8, 4) is 42.5 Å². The Balaban J connectivity index is 2.85. The SMILES string of the molecule is N#C/C(c1cc(C(F)(F)F)cc(C(F)(F)F)c1C#N)=c1\cc(C#N)/c(=C(\C#N)c2cc(C(F)(F)F)cc(C(F)(F)F)c2C#N)c(C#N)c1C#N. The van der Waals surface area contributed by atoms with Gasteiger partial charge in [0.1, 0.15) is 36.4 Å². The Labute approximate surface area is 270 Å². The lowest BCUT2D eigenvalue weighted by atomic mass is 9.87. The molecule has 19 heteroatoms. The van der Waals surface area contributed by atoms with Gasteiger partial charge < -0.3 is 0 Å². The lowest BCUT2D eigenvalue weighted by Crippen LogP contribution is -2.27. The van der Waals surface area contributed by atoms with Crippen LogP contribution in [0.1, 0.15) is 61.2 Å². The van der Waals surface area contributed by atoms with Gasteiger partial charge >= 0.3 is 24.7 Å². The molecule has 0 saturated carbocycles. The Kier molecular flexibility index (Phi) is 9.65. The zero-order valence-electron chi connectivity index (χ0n) is 23.6. The van der Waals surface area contributed by atoms with Crippen molar-refractivity contribution in [1.29, 1.82) is 36.8 Å². The number of rotatable bonds is 2. The fourth-order valence-electron chi connectivity index (χ4n) is 4.67. The summed E-state index contributed by atoms with van der Waals surface area (Å²) in [5.74, 6) is 0. The summed E-state index contributed by atoms with van der Waals surface area (Å²) < 4.78 is 165. The molecule has 50 heavy (non-hydrogen) atoms. The molecule has 0 aliphatic rings. The first-order valence-corrected chi connectivity index (χ1v) is 12.5. The van der Waals surface area contributed by atoms with Gasteiger partial charge in [0.2, 0.25) is 0 Å². The lowest BCUT2D eigenvalue weighted by Gasteiger charge is -2.17. The number of benzene rings is 3. The molecule has 3 aromatic rings. The van der Waals surface area contributed by atoms with E-state index in [2.05, 4.69) is 0 Å². The number of nitriles is 7. The van der Waals surface area contributed by atoms with Gasteiger partial charge in [0.25, 0.3) is 0 Å². The van der Waals surface area contributed by atoms with E-state index in [9.17, 15) is 89.5 Å². The molecule has 248 valence electrons. The van der Waals surface area contributed by atoms with Crippen LogP contribution in [-0.2, 0) is 24.7 Å². The Morgan fingerprint density at radius 2 is 0.800 bits per heavy atom. The van der Waals surface area contributed by atoms with Crippen molar-refractivity contribution in [2.75, 3.05) is 0 Å². The highest BCUT2D eigenvalue weighted by atomic mass is 19.4. The average Bonchev–Trinajstić information content (AvgIpc) is 3.02. The van der Waals surface area contributed by atoms with E-state index >= 15 is 0 Å². The quantitative estimate of drug-likeness (QED) is 0.272. The van der Waals surface area contributed by atoms with Crippen LogP contribution in [0.25, 0.3) is 11.1 Å². The van der Waals surface area contributed by atoms with E-state index < -0.39 is 120 Å². The van der Waals surface area contributed by atoms with Gasteiger partial charge in [-0.25, -0.2) is 0 Å². The van der Waals surface area contributed by atoms with Crippen LogP contribution in [0.15, 0.2) is 30.3 Å². The number of halogens is 12. The summed E-state index contributed by atoms with van der Waals surface area (Å²) in [7, 11) is 0. The highest BCUT2D eigenvalue weighted by molar-refractivity contribution is 5.86. The number of alkyl halides is 12. The van der Waals surface area contributed by atoms with Gasteiger partial charge in [-0.2, -0.15) is 89.5 Å². The minimum absolute atomic E-state index is 0.0766. The third-order valence-corrected chi connectivity index (χ3v) is 6.72. The van der Waals surface area contributed by atoms with Gasteiger partial charge in [0.05, 0.1) is 67.3 Å². The maximum Gasteiger partial charge on any atom is 0.417 e. The van der Waals surface area contributed by atoms with Crippen molar-refractivity contribution in [1.82, 2.24) is 0 Å². The second-order valence-electron chi connectivity index (χ2n) is 9.51. The van der Waals surface area contributed by atoms with Crippen molar-refractivity contribution in [3.63, 3.8) is 0 Å². The monoisotopic (exact) mass is 703 g/mol. The van der Waals surface area contributed by atoms with Gasteiger partial charge in [-0.3, -0.25) is 0 Å². The van der Waals surface area contributed by atoms with Crippen LogP contribution in [0, 0.1) is 79.3 Å². The highest BCUT2D eigenvalue weighted by Crippen LogP contribution is 2.41. The molecule has 3 aromatic carbocycles. The summed E-state index contributed by atoms with van der Waals surface area (Å²) in [6.45, 7) is 0. The molecule has 0 saturated heterocycles. The Morgan fingerprint density at radius 3 is 1.10 bits per heavy atom. The highest BCUT2D eigenvalue weighted by Gasteiger charge is 2.42. The standard InChI is InChI=1S/C31H5F12N7/c32-28(33,34)14-2-17(21(9-47)25(4-14)30(38,39)40)19(7-45)16-1-13(6-44)27(24(12-50)20(16)8-46)23(11-49)18-3-15(29(35,36)37)5-26(22(18)10-48)31(41,42)43/h1-5H/b19-16-,27-23-. The van der Waals surface area contributed by atoms with E-state index in [4.69, 9.17) is 0 Å². The van der Waals surface area contributed by atoms with E-state index in [0.717, 1.165) is 12.1 Å². The predicted octanol–water partition coefficient (Wildman–Crippen LogP) is 6.57. The summed E-state index contributed by atoms with van der Waals surface area (Å²) in [5.41, 5.74) is -20.9. The van der Waals surface area contributed by atoms with E-state index in [1.165, 1.54) is 30.3 Å². The Hall–Kier alpha value is -7.01. The van der Waals surface area contributed by atoms with Gasteiger partial charge in [0, 0.05) is 21.6 Å². The van der Waals surface area contributed by atoms with Crippen molar-refractivity contribution in [3.05, 3.63) is 102 Å². The van der Waals surface area contributed by atoms with Crippen LogP contribution in [0.4, 0.5) is 52.7 Å². The molecule has 0 spiro atoms. The summed E-state index contributed by atoms with van der Waals surface area (Å²) in [5, 5.41) is 66.5. The van der Waals surface area contributed by atoms with E-state index in [1.54, 1.807) is 0 Å². The minimum atomic E-state index is -5.66. The number of nitrogens with zero attached hydrogens (tertiary/aromatic N) is 7. The second-order valence-corrected chi connectivity index (χ2v) is 9.51. The topological polar surface area (TPSA) is 167 Å². The Morgan fingerprint density at radius 1 is 0.420 bits per heavy atom. The molecule has 0 amide bonds. The Bertz CT molecular complexity index is 2400. The summed E-state index contributed by atoms with van der Waals surface area (Å²) in [4.78, 5) is 0.